The number of aromatic amines is 1. The third-order valence-electron chi connectivity index (χ3n) is 5.55. The number of hydrogen-bond acceptors (Lipinski definition) is 4. The average molecular weight is 390 g/mol. The van der Waals surface area contributed by atoms with Gasteiger partial charge in [-0.2, -0.15) is 5.10 Å². The van der Waals surface area contributed by atoms with E-state index in [4.69, 9.17) is 4.74 Å². The topological polar surface area (TPSA) is 71.1 Å². The first-order chi connectivity index (χ1) is 14.2. The Hall–Kier alpha value is -3.15. The van der Waals surface area contributed by atoms with Crippen LogP contribution in [0.15, 0.2) is 54.9 Å². The summed E-state index contributed by atoms with van der Waals surface area (Å²) < 4.78 is 5.30. The number of H-pyrrole nitrogens is 1. The Kier molecular flexibility index (Phi) is 5.89. The molecule has 1 aromatic carbocycles. The molecule has 1 saturated carbocycles. The fraction of sp³-hybridized carbons (Fsp3) is 0.348. The highest BCUT2D eigenvalue weighted by atomic mass is 16.5. The third kappa shape index (κ3) is 4.47. The maximum atomic E-state index is 13.4. The van der Waals surface area contributed by atoms with Crippen LogP contribution in [-0.4, -0.2) is 39.1 Å². The van der Waals surface area contributed by atoms with Gasteiger partial charge in [-0.25, -0.2) is 0 Å². The van der Waals surface area contributed by atoms with Gasteiger partial charge in [-0.1, -0.05) is 31.4 Å². The third-order valence-corrected chi connectivity index (χ3v) is 5.55. The number of carbonyl (C=O) groups is 1. The summed E-state index contributed by atoms with van der Waals surface area (Å²) in [4.78, 5) is 19.5. The Bertz CT molecular complexity index is 948. The van der Waals surface area contributed by atoms with Crippen LogP contribution < -0.4 is 4.74 Å². The smallest absolute Gasteiger partial charge is 0.272 e. The van der Waals surface area contributed by atoms with Gasteiger partial charge in [0.1, 0.15) is 11.4 Å². The Morgan fingerprint density at radius 2 is 1.93 bits per heavy atom. The molecule has 0 saturated heterocycles. The number of pyridine rings is 1. The van der Waals surface area contributed by atoms with Crippen LogP contribution in [0.5, 0.6) is 5.75 Å². The fourth-order valence-electron chi connectivity index (χ4n) is 3.96. The maximum absolute atomic E-state index is 13.4. The number of benzene rings is 1. The van der Waals surface area contributed by atoms with E-state index in [-0.39, 0.29) is 11.9 Å². The molecule has 1 fully saturated rings. The van der Waals surface area contributed by atoms with E-state index in [1.54, 1.807) is 19.5 Å². The summed E-state index contributed by atoms with van der Waals surface area (Å²) in [6.45, 7) is 0.583. The van der Waals surface area contributed by atoms with E-state index in [1.165, 1.54) is 19.3 Å². The molecule has 6 heteroatoms. The zero-order valence-electron chi connectivity index (χ0n) is 16.7. The minimum Gasteiger partial charge on any atom is -0.497 e. The van der Waals surface area contributed by atoms with Crippen LogP contribution in [0, 0.1) is 0 Å². The number of hydrogen-bond donors (Lipinski definition) is 1. The molecular formula is C23H26N4O2. The van der Waals surface area contributed by atoms with Crippen molar-refractivity contribution in [3.8, 4) is 17.0 Å². The second-order valence-corrected chi connectivity index (χ2v) is 7.48. The Morgan fingerprint density at radius 3 is 2.69 bits per heavy atom. The van der Waals surface area contributed by atoms with Gasteiger partial charge in [-0.05, 0) is 48.7 Å². The summed E-state index contributed by atoms with van der Waals surface area (Å²) in [5.41, 5.74) is 3.26. The van der Waals surface area contributed by atoms with Crippen molar-refractivity contribution in [3.05, 3.63) is 66.1 Å². The summed E-state index contributed by atoms with van der Waals surface area (Å²) in [7, 11) is 1.64. The van der Waals surface area contributed by atoms with E-state index < -0.39 is 0 Å². The molecule has 0 unspecified atom stereocenters. The molecule has 4 rings (SSSR count). The van der Waals surface area contributed by atoms with Gasteiger partial charge in [0.2, 0.25) is 0 Å². The summed E-state index contributed by atoms with van der Waals surface area (Å²) >= 11 is 0. The van der Waals surface area contributed by atoms with Crippen molar-refractivity contribution < 1.29 is 9.53 Å². The number of ether oxygens (including phenoxy) is 1. The highest BCUT2D eigenvalue weighted by molar-refractivity contribution is 5.93. The second-order valence-electron chi connectivity index (χ2n) is 7.48. The van der Waals surface area contributed by atoms with Gasteiger partial charge in [0, 0.05) is 30.5 Å². The van der Waals surface area contributed by atoms with Crippen LogP contribution in [0.4, 0.5) is 0 Å². The first-order valence-corrected chi connectivity index (χ1v) is 10.1. The van der Waals surface area contributed by atoms with Gasteiger partial charge >= 0.3 is 0 Å². The predicted molar refractivity (Wildman–Crippen MR) is 112 cm³/mol. The lowest BCUT2D eigenvalue weighted by molar-refractivity contribution is 0.0608. The number of rotatable bonds is 6. The van der Waals surface area contributed by atoms with Crippen molar-refractivity contribution in [3.63, 3.8) is 0 Å². The quantitative estimate of drug-likeness (QED) is 0.675. The predicted octanol–water partition coefficient (Wildman–Crippen LogP) is 4.46. The SMILES string of the molecule is COc1cccc(-c2cc(C(=O)N(Cc3ccncc3)C3CCCCC3)[nH]n2)c1. The molecule has 1 N–H and O–H groups in total. The lowest BCUT2D eigenvalue weighted by atomic mass is 9.93. The Morgan fingerprint density at radius 1 is 1.14 bits per heavy atom. The Balaban J connectivity index is 1.59. The van der Waals surface area contributed by atoms with Crippen LogP contribution >= 0.6 is 0 Å². The molecule has 150 valence electrons. The molecule has 1 aliphatic rings. The van der Waals surface area contributed by atoms with Crippen molar-refractivity contribution in [1.82, 2.24) is 20.1 Å². The van der Waals surface area contributed by atoms with Gasteiger partial charge in [-0.15, -0.1) is 0 Å². The molecule has 6 nitrogen and oxygen atoms in total. The largest absolute Gasteiger partial charge is 0.497 e. The molecule has 0 bridgehead atoms. The molecule has 2 heterocycles. The number of nitrogens with one attached hydrogen (secondary N) is 1. The summed E-state index contributed by atoms with van der Waals surface area (Å²) in [6, 6.07) is 13.7. The highest BCUT2D eigenvalue weighted by Gasteiger charge is 2.27. The van der Waals surface area contributed by atoms with Gasteiger partial charge in [0.15, 0.2) is 0 Å². The molecule has 29 heavy (non-hydrogen) atoms. The maximum Gasteiger partial charge on any atom is 0.272 e. The standard InChI is InChI=1S/C23H26N4O2/c1-29-20-9-5-6-18(14-20)21-15-22(26-25-21)23(28)27(19-7-3-2-4-8-19)16-17-10-12-24-13-11-17/h5-6,9-15,19H,2-4,7-8,16H2,1H3,(H,25,26). The van der Waals surface area contributed by atoms with E-state index in [2.05, 4.69) is 15.2 Å². The first kappa shape index (κ1) is 19.2. The lowest BCUT2D eigenvalue weighted by Gasteiger charge is -2.34. The van der Waals surface area contributed by atoms with Crippen molar-refractivity contribution in [1.29, 1.82) is 0 Å². The number of nitrogens with zero attached hydrogens (tertiary/aromatic N) is 3. The molecular weight excluding hydrogens is 364 g/mol. The van der Waals surface area contributed by atoms with Crippen molar-refractivity contribution >= 4 is 5.91 Å². The molecule has 1 amide bonds. The minimum atomic E-state index is -0.00430. The summed E-state index contributed by atoms with van der Waals surface area (Å²) in [5, 5.41) is 7.33. The number of amides is 1. The molecule has 3 aromatic rings. The van der Waals surface area contributed by atoms with Crippen LogP contribution in [0.3, 0.4) is 0 Å². The normalized spacial score (nSPS) is 14.5. The van der Waals surface area contributed by atoms with Crippen molar-refractivity contribution in [2.45, 2.75) is 44.7 Å². The van der Waals surface area contributed by atoms with Gasteiger partial charge in [0.25, 0.3) is 5.91 Å². The van der Waals surface area contributed by atoms with E-state index >= 15 is 0 Å². The van der Waals surface area contributed by atoms with Gasteiger partial charge in [-0.3, -0.25) is 14.9 Å². The van der Waals surface area contributed by atoms with Crippen molar-refractivity contribution in [2.75, 3.05) is 7.11 Å². The average Bonchev–Trinajstić information content (AvgIpc) is 3.29. The molecule has 1 aliphatic carbocycles. The number of carbonyl (C=O) groups excluding carboxylic acids is 1. The van der Waals surface area contributed by atoms with Crippen LogP contribution in [-0.2, 0) is 6.54 Å². The van der Waals surface area contributed by atoms with Gasteiger partial charge in [0.05, 0.1) is 12.8 Å². The monoisotopic (exact) mass is 390 g/mol. The summed E-state index contributed by atoms with van der Waals surface area (Å²) in [5.74, 6) is 0.759. The summed E-state index contributed by atoms with van der Waals surface area (Å²) in [6.07, 6.45) is 9.23. The molecule has 0 atom stereocenters. The Labute approximate surface area is 170 Å². The van der Waals surface area contributed by atoms with Crippen molar-refractivity contribution in [2.24, 2.45) is 0 Å². The molecule has 2 aromatic heterocycles. The fourth-order valence-corrected chi connectivity index (χ4v) is 3.96. The zero-order valence-corrected chi connectivity index (χ0v) is 16.7. The first-order valence-electron chi connectivity index (χ1n) is 10.1. The van der Waals surface area contributed by atoms with Crippen LogP contribution in [0.1, 0.15) is 48.2 Å². The molecule has 0 radical (unpaired) electrons. The van der Waals surface area contributed by atoms with Crippen LogP contribution in [0.25, 0.3) is 11.3 Å². The van der Waals surface area contributed by atoms with E-state index in [0.29, 0.717) is 12.2 Å². The zero-order chi connectivity index (χ0) is 20.1. The highest BCUT2D eigenvalue weighted by Crippen LogP contribution is 2.27. The van der Waals surface area contributed by atoms with E-state index in [1.807, 2.05) is 47.4 Å². The van der Waals surface area contributed by atoms with E-state index in [9.17, 15) is 4.79 Å². The number of methoxy groups -OCH3 is 1. The second kappa shape index (κ2) is 8.90. The molecule has 0 aliphatic heterocycles. The minimum absolute atomic E-state index is 0.00430. The van der Waals surface area contributed by atoms with E-state index in [0.717, 1.165) is 35.4 Å². The lowest BCUT2D eigenvalue weighted by Crippen LogP contribution is -2.41. The number of aromatic nitrogens is 3. The molecule has 0 spiro atoms. The van der Waals surface area contributed by atoms with Gasteiger partial charge < -0.3 is 9.64 Å². The van der Waals surface area contributed by atoms with Crippen LogP contribution in [0.2, 0.25) is 0 Å².